The smallest absolute Gasteiger partial charge is 0.251 e. The maximum absolute atomic E-state index is 12.3. The third-order valence-electron chi connectivity index (χ3n) is 4.24. The zero-order valence-corrected chi connectivity index (χ0v) is 13.2. The summed E-state index contributed by atoms with van der Waals surface area (Å²) in [5.74, 6) is -0.0480. The molecule has 0 aromatic heterocycles. The van der Waals surface area contributed by atoms with Crippen LogP contribution in [0.15, 0.2) is 18.2 Å². The highest BCUT2D eigenvalue weighted by atomic mass is 35.5. The average Bonchev–Trinajstić information content (AvgIpc) is 2.39. The number of piperidine rings is 1. The van der Waals surface area contributed by atoms with Crippen LogP contribution in [0, 0.1) is 12.3 Å². The van der Waals surface area contributed by atoms with Crippen molar-refractivity contribution >= 4 is 17.5 Å². The minimum atomic E-state index is -0.0480. The van der Waals surface area contributed by atoms with Crippen molar-refractivity contribution in [1.82, 2.24) is 10.6 Å². The minimum absolute atomic E-state index is 0.0480. The highest BCUT2D eigenvalue weighted by Gasteiger charge is 2.32. The van der Waals surface area contributed by atoms with Gasteiger partial charge in [0.2, 0.25) is 0 Å². The number of carbonyl (C=O) groups excluding carboxylic acids is 1. The number of halogens is 1. The summed E-state index contributed by atoms with van der Waals surface area (Å²) in [4.78, 5) is 12.3. The Bertz CT molecular complexity index is 499. The van der Waals surface area contributed by atoms with Gasteiger partial charge in [-0.05, 0) is 49.4 Å². The fourth-order valence-electron chi connectivity index (χ4n) is 2.75. The van der Waals surface area contributed by atoms with Crippen molar-refractivity contribution in [3.05, 3.63) is 34.3 Å². The summed E-state index contributed by atoms with van der Waals surface area (Å²) in [5.41, 5.74) is 1.82. The van der Waals surface area contributed by atoms with Crippen molar-refractivity contribution in [1.29, 1.82) is 0 Å². The van der Waals surface area contributed by atoms with Crippen LogP contribution in [-0.4, -0.2) is 25.0 Å². The highest BCUT2D eigenvalue weighted by molar-refractivity contribution is 6.31. The Balaban J connectivity index is 2.00. The third kappa shape index (κ3) is 3.53. The molecule has 1 atom stereocenters. The molecule has 1 heterocycles. The van der Waals surface area contributed by atoms with Gasteiger partial charge < -0.3 is 10.6 Å². The molecule has 0 saturated carbocycles. The second-order valence-corrected chi connectivity index (χ2v) is 6.70. The molecule has 1 fully saturated rings. The molecule has 0 bridgehead atoms. The summed E-state index contributed by atoms with van der Waals surface area (Å²) in [6.45, 7) is 8.10. The van der Waals surface area contributed by atoms with Gasteiger partial charge in [-0.3, -0.25) is 4.79 Å². The molecule has 1 aliphatic rings. The first-order valence-electron chi connectivity index (χ1n) is 7.18. The lowest BCUT2D eigenvalue weighted by Gasteiger charge is -2.39. The molecule has 0 spiro atoms. The summed E-state index contributed by atoms with van der Waals surface area (Å²) in [7, 11) is 0. The highest BCUT2D eigenvalue weighted by Crippen LogP contribution is 2.29. The summed E-state index contributed by atoms with van der Waals surface area (Å²) in [6, 6.07) is 5.73. The fourth-order valence-corrected chi connectivity index (χ4v) is 2.92. The standard InChI is InChI=1S/C16H23ClN2O/c1-11-5-6-12(17)9-13(11)15(20)19-10-14-16(2,3)7-4-8-18-14/h5-6,9,14,18H,4,7-8,10H2,1-3H3,(H,19,20). The summed E-state index contributed by atoms with van der Waals surface area (Å²) < 4.78 is 0. The van der Waals surface area contributed by atoms with Crippen LogP contribution >= 0.6 is 11.6 Å². The van der Waals surface area contributed by atoms with E-state index in [0.29, 0.717) is 23.2 Å². The van der Waals surface area contributed by atoms with E-state index in [9.17, 15) is 4.79 Å². The first-order valence-corrected chi connectivity index (χ1v) is 7.56. The van der Waals surface area contributed by atoms with Gasteiger partial charge >= 0.3 is 0 Å². The van der Waals surface area contributed by atoms with Crippen molar-refractivity contribution in [2.24, 2.45) is 5.41 Å². The van der Waals surface area contributed by atoms with Crippen LogP contribution in [0.1, 0.15) is 42.6 Å². The molecular formula is C16H23ClN2O. The van der Waals surface area contributed by atoms with Gasteiger partial charge in [0, 0.05) is 23.2 Å². The second kappa shape index (κ2) is 6.15. The van der Waals surface area contributed by atoms with E-state index < -0.39 is 0 Å². The van der Waals surface area contributed by atoms with E-state index >= 15 is 0 Å². The van der Waals surface area contributed by atoms with Crippen molar-refractivity contribution in [2.45, 2.75) is 39.7 Å². The molecule has 2 rings (SSSR count). The lowest BCUT2D eigenvalue weighted by Crippen LogP contribution is -2.52. The minimum Gasteiger partial charge on any atom is -0.350 e. The lowest BCUT2D eigenvalue weighted by atomic mass is 9.77. The van der Waals surface area contributed by atoms with Crippen LogP contribution in [0.25, 0.3) is 0 Å². The zero-order chi connectivity index (χ0) is 14.8. The van der Waals surface area contributed by atoms with E-state index in [1.807, 2.05) is 13.0 Å². The quantitative estimate of drug-likeness (QED) is 0.899. The number of benzene rings is 1. The van der Waals surface area contributed by atoms with E-state index in [2.05, 4.69) is 24.5 Å². The predicted octanol–water partition coefficient (Wildman–Crippen LogP) is 3.16. The van der Waals surface area contributed by atoms with Gasteiger partial charge in [0.1, 0.15) is 0 Å². The Morgan fingerprint density at radius 3 is 2.95 bits per heavy atom. The Morgan fingerprint density at radius 1 is 1.50 bits per heavy atom. The van der Waals surface area contributed by atoms with Crippen LogP contribution in [0.5, 0.6) is 0 Å². The number of hydrogen-bond acceptors (Lipinski definition) is 2. The maximum atomic E-state index is 12.3. The number of nitrogens with one attached hydrogen (secondary N) is 2. The van der Waals surface area contributed by atoms with Crippen molar-refractivity contribution in [3.8, 4) is 0 Å². The summed E-state index contributed by atoms with van der Waals surface area (Å²) in [5, 5.41) is 7.13. The van der Waals surface area contributed by atoms with Gasteiger partial charge in [0.25, 0.3) is 5.91 Å². The number of hydrogen-bond donors (Lipinski definition) is 2. The van der Waals surface area contributed by atoms with E-state index in [1.165, 1.54) is 12.8 Å². The first kappa shape index (κ1) is 15.3. The topological polar surface area (TPSA) is 41.1 Å². The average molecular weight is 295 g/mol. The Hall–Kier alpha value is -1.06. The van der Waals surface area contributed by atoms with Crippen LogP contribution in [0.2, 0.25) is 5.02 Å². The van der Waals surface area contributed by atoms with E-state index in [-0.39, 0.29) is 11.3 Å². The second-order valence-electron chi connectivity index (χ2n) is 6.27. The zero-order valence-electron chi connectivity index (χ0n) is 12.4. The van der Waals surface area contributed by atoms with Gasteiger partial charge in [-0.1, -0.05) is 31.5 Å². The molecule has 0 aliphatic carbocycles. The molecule has 20 heavy (non-hydrogen) atoms. The van der Waals surface area contributed by atoms with Crippen LogP contribution in [0.4, 0.5) is 0 Å². The van der Waals surface area contributed by atoms with Crippen LogP contribution in [0.3, 0.4) is 0 Å². The molecule has 1 aromatic carbocycles. The van der Waals surface area contributed by atoms with Gasteiger partial charge in [-0.15, -0.1) is 0 Å². The molecule has 2 N–H and O–H groups in total. The fraction of sp³-hybridized carbons (Fsp3) is 0.562. The molecule has 1 aliphatic heterocycles. The van der Waals surface area contributed by atoms with E-state index in [0.717, 1.165) is 12.1 Å². The normalized spacial score (nSPS) is 21.5. The number of rotatable bonds is 3. The van der Waals surface area contributed by atoms with Crippen LogP contribution < -0.4 is 10.6 Å². The van der Waals surface area contributed by atoms with Crippen LogP contribution in [-0.2, 0) is 0 Å². The van der Waals surface area contributed by atoms with Gasteiger partial charge in [-0.25, -0.2) is 0 Å². The molecule has 4 heteroatoms. The predicted molar refractivity (Wildman–Crippen MR) is 83.3 cm³/mol. The summed E-state index contributed by atoms with van der Waals surface area (Å²) >= 11 is 5.96. The Kier molecular flexibility index (Phi) is 4.71. The monoisotopic (exact) mass is 294 g/mol. The number of amides is 1. The number of aryl methyl sites for hydroxylation is 1. The molecule has 1 saturated heterocycles. The molecule has 1 amide bonds. The first-order chi connectivity index (χ1) is 9.40. The molecule has 0 radical (unpaired) electrons. The number of carbonyl (C=O) groups is 1. The third-order valence-corrected chi connectivity index (χ3v) is 4.48. The molecule has 1 unspecified atom stereocenters. The Labute approximate surface area is 126 Å². The molecular weight excluding hydrogens is 272 g/mol. The van der Waals surface area contributed by atoms with E-state index in [4.69, 9.17) is 11.6 Å². The SMILES string of the molecule is Cc1ccc(Cl)cc1C(=O)NCC1NCCCC1(C)C. The van der Waals surface area contributed by atoms with Crippen molar-refractivity contribution in [2.75, 3.05) is 13.1 Å². The van der Waals surface area contributed by atoms with E-state index in [1.54, 1.807) is 12.1 Å². The molecule has 1 aromatic rings. The maximum Gasteiger partial charge on any atom is 0.251 e. The summed E-state index contributed by atoms with van der Waals surface area (Å²) in [6.07, 6.45) is 2.39. The lowest BCUT2D eigenvalue weighted by molar-refractivity contribution is 0.0928. The Morgan fingerprint density at radius 2 is 2.25 bits per heavy atom. The molecule has 110 valence electrons. The van der Waals surface area contributed by atoms with Gasteiger partial charge in [0.05, 0.1) is 0 Å². The van der Waals surface area contributed by atoms with Crippen molar-refractivity contribution in [3.63, 3.8) is 0 Å². The van der Waals surface area contributed by atoms with Crippen molar-refractivity contribution < 1.29 is 4.79 Å². The van der Waals surface area contributed by atoms with Gasteiger partial charge in [0.15, 0.2) is 0 Å². The largest absolute Gasteiger partial charge is 0.350 e. The molecule has 3 nitrogen and oxygen atoms in total. The van der Waals surface area contributed by atoms with Gasteiger partial charge in [-0.2, -0.15) is 0 Å².